The van der Waals surface area contributed by atoms with Gasteiger partial charge in [0, 0.05) is 24.3 Å². The standard InChI is InChI=1S/C16H20N4O/c1-11-6-13-7-14(17-10-20(13)8-11)16(21)18-15-9-19-4-2-12(15)3-5-19/h6-8,10,12,15H,2-5,9H2,1H3,(H,18,21)/t15-/m0/s1. The van der Waals surface area contributed by atoms with E-state index >= 15 is 0 Å². The number of carbonyl (C=O) groups is 1. The summed E-state index contributed by atoms with van der Waals surface area (Å²) in [4.78, 5) is 19.2. The number of aromatic nitrogens is 2. The van der Waals surface area contributed by atoms with E-state index in [-0.39, 0.29) is 11.9 Å². The number of fused-ring (bicyclic) bond motifs is 4. The zero-order valence-electron chi connectivity index (χ0n) is 12.2. The van der Waals surface area contributed by atoms with E-state index in [2.05, 4.69) is 21.3 Å². The smallest absolute Gasteiger partial charge is 0.270 e. The molecule has 5 nitrogen and oxygen atoms in total. The molecule has 0 spiro atoms. The Kier molecular flexibility index (Phi) is 2.96. The summed E-state index contributed by atoms with van der Waals surface area (Å²) < 4.78 is 1.94. The van der Waals surface area contributed by atoms with Crippen molar-refractivity contribution in [2.45, 2.75) is 25.8 Å². The normalized spacial score (nSPS) is 28.0. The fourth-order valence-corrected chi connectivity index (χ4v) is 3.65. The van der Waals surface area contributed by atoms with Gasteiger partial charge in [0.2, 0.25) is 0 Å². The van der Waals surface area contributed by atoms with Gasteiger partial charge in [0.15, 0.2) is 0 Å². The van der Waals surface area contributed by atoms with Gasteiger partial charge in [-0.1, -0.05) is 0 Å². The van der Waals surface area contributed by atoms with Crippen LogP contribution < -0.4 is 5.32 Å². The predicted octanol–water partition coefficient (Wildman–Crippen LogP) is 1.47. The van der Waals surface area contributed by atoms with Crippen LogP contribution in [0.3, 0.4) is 0 Å². The zero-order valence-corrected chi connectivity index (χ0v) is 12.2. The lowest BCUT2D eigenvalue weighted by atomic mass is 9.84. The lowest BCUT2D eigenvalue weighted by molar-refractivity contribution is 0.0617. The highest BCUT2D eigenvalue weighted by molar-refractivity contribution is 5.93. The van der Waals surface area contributed by atoms with Crippen molar-refractivity contribution in [3.63, 3.8) is 0 Å². The maximum atomic E-state index is 12.4. The summed E-state index contributed by atoms with van der Waals surface area (Å²) in [6.45, 7) is 5.40. The molecule has 0 unspecified atom stereocenters. The van der Waals surface area contributed by atoms with Crippen LogP contribution in [0.25, 0.3) is 5.52 Å². The molecule has 5 heteroatoms. The monoisotopic (exact) mass is 284 g/mol. The molecule has 0 aromatic carbocycles. The second-order valence-electron chi connectivity index (χ2n) is 6.34. The van der Waals surface area contributed by atoms with Crippen LogP contribution >= 0.6 is 0 Å². The SMILES string of the molecule is Cc1cc2cc(C(=O)N[C@H]3CN4CCC3CC4)ncn2c1. The van der Waals surface area contributed by atoms with Crippen LogP contribution in [0.15, 0.2) is 24.7 Å². The largest absolute Gasteiger partial charge is 0.346 e. The van der Waals surface area contributed by atoms with E-state index in [1.165, 1.54) is 31.5 Å². The van der Waals surface area contributed by atoms with E-state index in [0.29, 0.717) is 11.6 Å². The van der Waals surface area contributed by atoms with E-state index in [9.17, 15) is 4.79 Å². The second-order valence-corrected chi connectivity index (χ2v) is 6.34. The van der Waals surface area contributed by atoms with Crippen molar-refractivity contribution in [3.05, 3.63) is 35.9 Å². The Bertz CT molecular complexity index is 685. The van der Waals surface area contributed by atoms with Crippen molar-refractivity contribution in [1.82, 2.24) is 19.6 Å². The van der Waals surface area contributed by atoms with E-state index in [1.54, 1.807) is 6.33 Å². The molecule has 1 amide bonds. The fraction of sp³-hybridized carbons (Fsp3) is 0.500. The zero-order chi connectivity index (χ0) is 14.4. The highest BCUT2D eigenvalue weighted by Crippen LogP contribution is 2.27. The second kappa shape index (κ2) is 4.84. The maximum absolute atomic E-state index is 12.4. The van der Waals surface area contributed by atoms with E-state index in [4.69, 9.17) is 0 Å². The minimum atomic E-state index is -0.0462. The van der Waals surface area contributed by atoms with Crippen LogP contribution in [0.5, 0.6) is 0 Å². The number of rotatable bonds is 2. The minimum absolute atomic E-state index is 0.0462. The molecule has 3 fully saturated rings. The van der Waals surface area contributed by atoms with Gasteiger partial charge in [0.1, 0.15) is 5.69 Å². The number of amides is 1. The Morgan fingerprint density at radius 2 is 2.14 bits per heavy atom. The molecule has 21 heavy (non-hydrogen) atoms. The van der Waals surface area contributed by atoms with Gasteiger partial charge in [-0.05, 0) is 56.5 Å². The quantitative estimate of drug-likeness (QED) is 0.908. The Morgan fingerprint density at radius 3 is 2.86 bits per heavy atom. The highest BCUT2D eigenvalue weighted by Gasteiger charge is 2.35. The van der Waals surface area contributed by atoms with Crippen molar-refractivity contribution in [2.24, 2.45) is 5.92 Å². The number of aryl methyl sites for hydroxylation is 1. The lowest BCUT2D eigenvalue weighted by Crippen LogP contribution is -2.57. The number of nitrogens with one attached hydrogen (secondary N) is 1. The summed E-state index contributed by atoms with van der Waals surface area (Å²) in [5.41, 5.74) is 2.70. The van der Waals surface area contributed by atoms with E-state index in [1.807, 2.05) is 23.6 Å². The third-order valence-electron chi connectivity index (χ3n) is 4.83. The van der Waals surface area contributed by atoms with Crippen LogP contribution in [-0.2, 0) is 0 Å². The van der Waals surface area contributed by atoms with Gasteiger partial charge in [-0.15, -0.1) is 0 Å². The average Bonchev–Trinajstić information content (AvgIpc) is 2.87. The molecule has 110 valence electrons. The summed E-state index contributed by atoms with van der Waals surface area (Å²) >= 11 is 0. The molecule has 1 N–H and O–H groups in total. The average molecular weight is 284 g/mol. The number of hydrogen-bond donors (Lipinski definition) is 1. The van der Waals surface area contributed by atoms with Gasteiger partial charge in [0.05, 0.1) is 6.33 Å². The Balaban J connectivity index is 1.53. The molecular formula is C16H20N4O. The van der Waals surface area contributed by atoms with Crippen LogP contribution in [0, 0.1) is 12.8 Å². The van der Waals surface area contributed by atoms with Gasteiger partial charge in [-0.25, -0.2) is 4.98 Å². The number of carbonyl (C=O) groups excluding carboxylic acids is 1. The molecule has 3 saturated heterocycles. The molecule has 2 aromatic rings. The topological polar surface area (TPSA) is 49.6 Å². The van der Waals surface area contributed by atoms with Gasteiger partial charge in [-0.2, -0.15) is 0 Å². The fourth-order valence-electron chi connectivity index (χ4n) is 3.65. The van der Waals surface area contributed by atoms with Crippen LogP contribution in [-0.4, -0.2) is 45.9 Å². The van der Waals surface area contributed by atoms with E-state index < -0.39 is 0 Å². The maximum Gasteiger partial charge on any atom is 0.270 e. The first-order chi connectivity index (χ1) is 10.2. The van der Waals surface area contributed by atoms with Crippen molar-refractivity contribution >= 4 is 11.4 Å². The third-order valence-corrected chi connectivity index (χ3v) is 4.83. The molecule has 0 radical (unpaired) electrons. The molecule has 5 heterocycles. The predicted molar refractivity (Wildman–Crippen MR) is 80.3 cm³/mol. The first-order valence-corrected chi connectivity index (χ1v) is 7.66. The Labute approximate surface area is 124 Å². The molecule has 0 aliphatic carbocycles. The van der Waals surface area contributed by atoms with Gasteiger partial charge >= 0.3 is 0 Å². The summed E-state index contributed by atoms with van der Waals surface area (Å²) in [6.07, 6.45) is 6.13. The molecule has 3 aliphatic heterocycles. The summed E-state index contributed by atoms with van der Waals surface area (Å²) in [7, 11) is 0. The minimum Gasteiger partial charge on any atom is -0.346 e. The van der Waals surface area contributed by atoms with Gasteiger partial charge < -0.3 is 14.6 Å². The van der Waals surface area contributed by atoms with Crippen LogP contribution in [0.1, 0.15) is 28.9 Å². The Morgan fingerprint density at radius 1 is 1.33 bits per heavy atom. The molecule has 3 aliphatic rings. The van der Waals surface area contributed by atoms with Crippen LogP contribution in [0.2, 0.25) is 0 Å². The molecule has 5 rings (SSSR count). The van der Waals surface area contributed by atoms with E-state index in [0.717, 1.165) is 12.1 Å². The first-order valence-electron chi connectivity index (χ1n) is 7.66. The first kappa shape index (κ1) is 12.8. The van der Waals surface area contributed by atoms with Crippen molar-refractivity contribution < 1.29 is 4.79 Å². The van der Waals surface area contributed by atoms with Crippen LogP contribution in [0.4, 0.5) is 0 Å². The summed E-state index contributed by atoms with van der Waals surface area (Å²) in [6, 6.07) is 4.21. The van der Waals surface area contributed by atoms with Crippen molar-refractivity contribution in [1.29, 1.82) is 0 Å². The van der Waals surface area contributed by atoms with Gasteiger partial charge in [0.25, 0.3) is 5.91 Å². The molecule has 1 atom stereocenters. The lowest BCUT2D eigenvalue weighted by Gasteiger charge is -2.44. The molecule has 2 bridgehead atoms. The van der Waals surface area contributed by atoms with Crippen molar-refractivity contribution in [3.8, 4) is 0 Å². The van der Waals surface area contributed by atoms with Gasteiger partial charge in [-0.3, -0.25) is 4.79 Å². The number of piperidine rings is 3. The number of hydrogen-bond acceptors (Lipinski definition) is 3. The van der Waals surface area contributed by atoms with Crippen molar-refractivity contribution in [2.75, 3.05) is 19.6 Å². The molecule has 0 saturated carbocycles. The third kappa shape index (κ3) is 2.31. The summed E-state index contributed by atoms with van der Waals surface area (Å²) in [5.74, 6) is 0.591. The molecule has 2 aromatic heterocycles. The summed E-state index contributed by atoms with van der Waals surface area (Å²) in [5, 5.41) is 3.19. The Hall–Kier alpha value is -1.88. The number of nitrogens with zero attached hydrogens (tertiary/aromatic N) is 3. The highest BCUT2D eigenvalue weighted by atomic mass is 16.2. The molecular weight excluding hydrogens is 264 g/mol.